The summed E-state index contributed by atoms with van der Waals surface area (Å²) in [4.78, 5) is 29.4. The second-order valence-electron chi connectivity index (χ2n) is 9.22. The van der Waals surface area contributed by atoms with Crippen molar-refractivity contribution in [1.29, 1.82) is 0 Å². The lowest BCUT2D eigenvalue weighted by Gasteiger charge is -2.32. The number of halogens is 1. The molecule has 4 heterocycles. The fourth-order valence-electron chi connectivity index (χ4n) is 4.60. The Balaban J connectivity index is 1.37. The van der Waals surface area contributed by atoms with Crippen LogP contribution >= 0.6 is 0 Å². The van der Waals surface area contributed by atoms with Crippen molar-refractivity contribution in [2.75, 3.05) is 32.1 Å². The minimum atomic E-state index is -0.685. The maximum atomic E-state index is 14.9. The standard InChI is InChI=1S/C25H24FN7O3/c1-32(2)23(34)15-4-8-21(19(26)10-15)36-25-29-22(14-3-7-20-16(9-14)11-27-31-20)28-24(30-25)33-12-17-5-6-18(13-33)35-17/h3-4,7-11,17-18H,5-6,12-13H2,1-2H3,(H,27,31). The number of ether oxygens (including phenoxy) is 2. The molecular formula is C25H24FN7O3. The van der Waals surface area contributed by atoms with E-state index in [0.29, 0.717) is 24.9 Å². The Kier molecular flexibility index (Phi) is 5.48. The van der Waals surface area contributed by atoms with Crippen LogP contribution in [0.5, 0.6) is 11.8 Å². The molecule has 0 aliphatic carbocycles. The van der Waals surface area contributed by atoms with Crippen molar-refractivity contribution in [3.8, 4) is 23.1 Å². The van der Waals surface area contributed by atoms with Crippen LogP contribution < -0.4 is 9.64 Å². The van der Waals surface area contributed by atoms with E-state index in [2.05, 4.69) is 25.1 Å². The molecule has 0 spiro atoms. The van der Waals surface area contributed by atoms with Crippen LogP contribution in [-0.4, -0.2) is 75.3 Å². The lowest BCUT2D eigenvalue weighted by atomic mass is 10.1. The molecule has 0 saturated carbocycles. The smallest absolute Gasteiger partial charge is 0.327 e. The monoisotopic (exact) mass is 489 g/mol. The van der Waals surface area contributed by atoms with Crippen LogP contribution in [-0.2, 0) is 4.74 Å². The molecule has 2 saturated heterocycles. The number of nitrogens with zero attached hydrogens (tertiary/aromatic N) is 6. The number of hydrogen-bond acceptors (Lipinski definition) is 8. The van der Waals surface area contributed by atoms with Crippen molar-refractivity contribution >= 4 is 22.8 Å². The van der Waals surface area contributed by atoms with Gasteiger partial charge in [0.1, 0.15) is 0 Å². The maximum Gasteiger partial charge on any atom is 0.327 e. The topological polar surface area (TPSA) is 109 Å². The zero-order chi connectivity index (χ0) is 24.8. The first-order chi connectivity index (χ1) is 17.4. The number of amides is 1. The average Bonchev–Trinajstić information content (AvgIpc) is 3.49. The first-order valence-electron chi connectivity index (χ1n) is 11.7. The Labute approximate surface area is 206 Å². The third-order valence-corrected chi connectivity index (χ3v) is 6.41. The zero-order valence-electron chi connectivity index (χ0n) is 19.8. The normalized spacial score (nSPS) is 19.0. The molecule has 2 bridgehead atoms. The predicted molar refractivity (Wildman–Crippen MR) is 130 cm³/mol. The highest BCUT2D eigenvalue weighted by atomic mass is 19.1. The number of rotatable bonds is 5. The number of fused-ring (bicyclic) bond motifs is 3. The molecule has 2 atom stereocenters. The van der Waals surface area contributed by atoms with E-state index < -0.39 is 5.82 Å². The molecule has 2 unspecified atom stereocenters. The lowest BCUT2D eigenvalue weighted by Crippen LogP contribution is -2.43. The van der Waals surface area contributed by atoms with Crippen molar-refractivity contribution in [3.63, 3.8) is 0 Å². The molecule has 36 heavy (non-hydrogen) atoms. The first kappa shape index (κ1) is 22.4. The van der Waals surface area contributed by atoms with Crippen LogP contribution in [0.15, 0.2) is 42.6 Å². The van der Waals surface area contributed by atoms with E-state index in [4.69, 9.17) is 14.5 Å². The van der Waals surface area contributed by atoms with Crippen LogP contribution in [0, 0.1) is 5.82 Å². The van der Waals surface area contributed by atoms with E-state index in [1.165, 1.54) is 17.0 Å². The molecular weight excluding hydrogens is 465 g/mol. The Hall–Kier alpha value is -4.12. The van der Waals surface area contributed by atoms with Gasteiger partial charge in [-0.3, -0.25) is 9.89 Å². The third kappa shape index (κ3) is 4.22. The molecule has 4 aromatic rings. The minimum absolute atomic E-state index is 0.0354. The summed E-state index contributed by atoms with van der Waals surface area (Å²) in [6.45, 7) is 1.33. The molecule has 11 heteroatoms. The van der Waals surface area contributed by atoms with E-state index in [0.717, 1.165) is 35.4 Å². The van der Waals surface area contributed by atoms with Gasteiger partial charge in [-0.05, 0) is 49.2 Å². The number of morpholine rings is 1. The van der Waals surface area contributed by atoms with Crippen LogP contribution in [0.1, 0.15) is 23.2 Å². The summed E-state index contributed by atoms with van der Waals surface area (Å²) in [5.41, 5.74) is 1.86. The number of nitrogens with one attached hydrogen (secondary N) is 1. The quantitative estimate of drug-likeness (QED) is 0.454. The molecule has 1 N–H and O–H groups in total. The first-order valence-corrected chi connectivity index (χ1v) is 11.7. The predicted octanol–water partition coefficient (Wildman–Crippen LogP) is 3.42. The number of aromatic nitrogens is 5. The van der Waals surface area contributed by atoms with Gasteiger partial charge in [0.2, 0.25) is 5.95 Å². The highest BCUT2D eigenvalue weighted by Gasteiger charge is 2.35. The van der Waals surface area contributed by atoms with E-state index in [1.54, 1.807) is 20.3 Å². The summed E-state index contributed by atoms with van der Waals surface area (Å²) in [6, 6.07) is 9.73. The maximum absolute atomic E-state index is 14.9. The number of aromatic amines is 1. The van der Waals surface area contributed by atoms with Gasteiger partial charge in [0.15, 0.2) is 17.4 Å². The molecule has 2 aromatic carbocycles. The number of carbonyl (C=O) groups is 1. The molecule has 184 valence electrons. The molecule has 2 aliphatic rings. The van der Waals surface area contributed by atoms with Crippen LogP contribution in [0.3, 0.4) is 0 Å². The number of carbonyl (C=O) groups excluding carboxylic acids is 1. The van der Waals surface area contributed by atoms with Gasteiger partial charge in [-0.15, -0.1) is 0 Å². The second kappa shape index (κ2) is 8.83. The van der Waals surface area contributed by atoms with Gasteiger partial charge in [0.25, 0.3) is 5.91 Å². The van der Waals surface area contributed by atoms with E-state index in [-0.39, 0.29) is 35.4 Å². The Morgan fingerprint density at radius 1 is 1.11 bits per heavy atom. The molecule has 2 fully saturated rings. The molecule has 1 amide bonds. The number of hydrogen-bond donors (Lipinski definition) is 1. The van der Waals surface area contributed by atoms with Crippen LogP contribution in [0.4, 0.5) is 10.3 Å². The van der Waals surface area contributed by atoms with Gasteiger partial charge in [0, 0.05) is 43.7 Å². The van der Waals surface area contributed by atoms with Crippen LogP contribution in [0.25, 0.3) is 22.3 Å². The van der Waals surface area contributed by atoms with Crippen LogP contribution in [0.2, 0.25) is 0 Å². The van der Waals surface area contributed by atoms with Gasteiger partial charge < -0.3 is 19.3 Å². The van der Waals surface area contributed by atoms with Gasteiger partial charge in [0.05, 0.1) is 23.9 Å². The highest BCUT2D eigenvalue weighted by molar-refractivity contribution is 5.94. The van der Waals surface area contributed by atoms with Crippen molar-refractivity contribution in [1.82, 2.24) is 30.0 Å². The summed E-state index contributed by atoms with van der Waals surface area (Å²) in [7, 11) is 3.22. The average molecular weight is 490 g/mol. The molecule has 0 radical (unpaired) electrons. The molecule has 10 nitrogen and oxygen atoms in total. The Bertz CT molecular complexity index is 1440. The van der Waals surface area contributed by atoms with E-state index >= 15 is 0 Å². The summed E-state index contributed by atoms with van der Waals surface area (Å²) >= 11 is 0. The molecule has 2 aliphatic heterocycles. The summed E-state index contributed by atoms with van der Waals surface area (Å²) in [5.74, 6) is -0.225. The van der Waals surface area contributed by atoms with Crippen molar-refractivity contribution < 1.29 is 18.7 Å². The molecule has 2 aromatic heterocycles. The third-order valence-electron chi connectivity index (χ3n) is 6.41. The van der Waals surface area contributed by atoms with Gasteiger partial charge in [-0.25, -0.2) is 4.39 Å². The number of H-pyrrole nitrogens is 1. The zero-order valence-corrected chi connectivity index (χ0v) is 19.8. The minimum Gasteiger partial charge on any atom is -0.421 e. The summed E-state index contributed by atoms with van der Waals surface area (Å²) in [6.07, 6.45) is 4.00. The fraction of sp³-hybridized carbons (Fsp3) is 0.320. The lowest BCUT2D eigenvalue weighted by molar-refractivity contribution is 0.0299. The Morgan fingerprint density at radius 3 is 2.67 bits per heavy atom. The van der Waals surface area contributed by atoms with Crippen molar-refractivity contribution in [3.05, 3.63) is 54.0 Å². The summed E-state index contributed by atoms with van der Waals surface area (Å²) in [5, 5.41) is 7.91. The highest BCUT2D eigenvalue weighted by Crippen LogP contribution is 2.31. The number of benzene rings is 2. The Morgan fingerprint density at radius 2 is 1.92 bits per heavy atom. The fourth-order valence-corrected chi connectivity index (χ4v) is 4.60. The summed E-state index contributed by atoms with van der Waals surface area (Å²) < 4.78 is 26.6. The van der Waals surface area contributed by atoms with E-state index in [9.17, 15) is 9.18 Å². The van der Waals surface area contributed by atoms with Gasteiger partial charge in [-0.1, -0.05) is 0 Å². The van der Waals surface area contributed by atoms with E-state index in [1.807, 2.05) is 18.2 Å². The SMILES string of the molecule is CN(C)C(=O)c1ccc(Oc2nc(-c3ccc4[nH]ncc4c3)nc(N3CC4CCC(C3)O4)n2)c(F)c1. The largest absolute Gasteiger partial charge is 0.421 e. The van der Waals surface area contributed by atoms with Crippen molar-refractivity contribution in [2.45, 2.75) is 25.0 Å². The van der Waals surface area contributed by atoms with Gasteiger partial charge >= 0.3 is 6.01 Å². The second-order valence-corrected chi connectivity index (χ2v) is 9.22. The van der Waals surface area contributed by atoms with Crippen molar-refractivity contribution in [2.24, 2.45) is 0 Å². The molecule has 6 rings (SSSR count). The number of anilines is 1. The van der Waals surface area contributed by atoms with Gasteiger partial charge in [-0.2, -0.15) is 20.1 Å².